The van der Waals surface area contributed by atoms with Crippen LogP contribution in [0.15, 0.2) is 12.1 Å². The molecule has 18 heavy (non-hydrogen) atoms. The van der Waals surface area contributed by atoms with Crippen LogP contribution < -0.4 is 0 Å². The molecule has 0 atom stereocenters. The highest BCUT2D eigenvalue weighted by molar-refractivity contribution is 5.40. The zero-order valence-corrected chi connectivity index (χ0v) is 11.0. The SMILES string of the molecule is c1c2cc3c(c1CCCCCCCOC2)COC3. The zero-order chi connectivity index (χ0) is 12.2. The lowest BCUT2D eigenvalue weighted by atomic mass is 9.95. The molecule has 1 aromatic carbocycles. The minimum absolute atomic E-state index is 0.764. The quantitative estimate of drug-likeness (QED) is 0.694. The average molecular weight is 246 g/mol. The Kier molecular flexibility index (Phi) is 3.96. The predicted octanol–water partition coefficient (Wildman–Crippen LogP) is 3.74. The molecule has 0 saturated heterocycles. The molecule has 0 saturated carbocycles. The second-order valence-corrected chi connectivity index (χ2v) is 5.46. The molecule has 3 rings (SSSR count). The molecule has 0 unspecified atom stereocenters. The lowest BCUT2D eigenvalue weighted by Crippen LogP contribution is -2.02. The molecule has 0 aromatic heterocycles. The maximum atomic E-state index is 5.76. The van der Waals surface area contributed by atoms with Gasteiger partial charge in [-0.15, -0.1) is 0 Å². The fourth-order valence-electron chi connectivity index (χ4n) is 2.99. The van der Waals surface area contributed by atoms with Crippen molar-refractivity contribution >= 4 is 0 Å². The lowest BCUT2D eigenvalue weighted by Gasteiger charge is -2.13. The minimum atomic E-state index is 0.764. The topological polar surface area (TPSA) is 18.5 Å². The number of hydrogen-bond donors (Lipinski definition) is 0. The van der Waals surface area contributed by atoms with Crippen LogP contribution in [0.1, 0.15) is 54.4 Å². The zero-order valence-electron chi connectivity index (χ0n) is 11.0. The Balaban J connectivity index is 1.84. The van der Waals surface area contributed by atoms with E-state index in [4.69, 9.17) is 9.47 Å². The van der Waals surface area contributed by atoms with E-state index in [1.165, 1.54) is 60.8 Å². The van der Waals surface area contributed by atoms with Gasteiger partial charge in [0.25, 0.3) is 0 Å². The van der Waals surface area contributed by atoms with Gasteiger partial charge in [0.1, 0.15) is 0 Å². The van der Waals surface area contributed by atoms with E-state index in [-0.39, 0.29) is 0 Å². The van der Waals surface area contributed by atoms with Crippen molar-refractivity contribution in [3.8, 4) is 0 Å². The lowest BCUT2D eigenvalue weighted by molar-refractivity contribution is 0.116. The van der Waals surface area contributed by atoms with Crippen LogP contribution in [0.3, 0.4) is 0 Å². The summed E-state index contributed by atoms with van der Waals surface area (Å²) >= 11 is 0. The Morgan fingerprint density at radius 3 is 2.56 bits per heavy atom. The fraction of sp³-hybridized carbons (Fsp3) is 0.625. The third kappa shape index (κ3) is 2.76. The summed E-state index contributed by atoms with van der Waals surface area (Å²) in [5, 5.41) is 0. The van der Waals surface area contributed by atoms with Crippen LogP contribution >= 0.6 is 0 Å². The molecule has 2 bridgehead atoms. The van der Waals surface area contributed by atoms with Gasteiger partial charge in [-0.3, -0.25) is 0 Å². The first kappa shape index (κ1) is 12.2. The molecule has 0 radical (unpaired) electrons. The van der Waals surface area contributed by atoms with Gasteiger partial charge in [0.2, 0.25) is 0 Å². The highest BCUT2D eigenvalue weighted by Crippen LogP contribution is 2.27. The Morgan fingerprint density at radius 1 is 0.722 bits per heavy atom. The monoisotopic (exact) mass is 246 g/mol. The first-order valence-corrected chi connectivity index (χ1v) is 7.22. The van der Waals surface area contributed by atoms with E-state index in [9.17, 15) is 0 Å². The smallest absolute Gasteiger partial charge is 0.0727 e. The summed E-state index contributed by atoms with van der Waals surface area (Å²) in [6.07, 6.45) is 7.74. The third-order valence-corrected chi connectivity index (χ3v) is 4.00. The Labute approximate surface area is 109 Å². The molecule has 1 aromatic rings. The minimum Gasteiger partial charge on any atom is -0.377 e. The highest BCUT2D eigenvalue weighted by Gasteiger charge is 2.16. The Hall–Kier alpha value is -0.860. The van der Waals surface area contributed by atoms with Crippen molar-refractivity contribution in [2.75, 3.05) is 6.61 Å². The summed E-state index contributed by atoms with van der Waals surface area (Å²) in [4.78, 5) is 0. The first-order chi connectivity index (χ1) is 8.93. The van der Waals surface area contributed by atoms with Crippen LogP contribution in [-0.4, -0.2) is 6.61 Å². The largest absolute Gasteiger partial charge is 0.377 e. The van der Waals surface area contributed by atoms with E-state index >= 15 is 0 Å². The van der Waals surface area contributed by atoms with E-state index < -0.39 is 0 Å². The summed E-state index contributed by atoms with van der Waals surface area (Å²) < 4.78 is 11.4. The van der Waals surface area contributed by atoms with E-state index in [0.29, 0.717) is 0 Å². The summed E-state index contributed by atoms with van der Waals surface area (Å²) in [5.41, 5.74) is 5.68. The number of fused-ring (bicyclic) bond motifs is 4. The number of ether oxygens (including phenoxy) is 2. The summed E-state index contributed by atoms with van der Waals surface area (Å²) in [7, 11) is 0. The van der Waals surface area contributed by atoms with Crippen molar-refractivity contribution in [1.82, 2.24) is 0 Å². The second kappa shape index (κ2) is 5.85. The average Bonchev–Trinajstić information content (AvgIpc) is 2.83. The van der Waals surface area contributed by atoms with Gasteiger partial charge in [-0.1, -0.05) is 31.4 Å². The van der Waals surface area contributed by atoms with Gasteiger partial charge in [-0.25, -0.2) is 0 Å². The van der Waals surface area contributed by atoms with Crippen molar-refractivity contribution in [3.05, 3.63) is 34.4 Å². The molecular weight excluding hydrogens is 224 g/mol. The molecule has 2 aliphatic heterocycles. The molecule has 2 heteroatoms. The van der Waals surface area contributed by atoms with Gasteiger partial charge < -0.3 is 9.47 Å². The Bertz CT molecular complexity index is 412. The molecule has 0 amide bonds. The highest BCUT2D eigenvalue weighted by atomic mass is 16.5. The van der Waals surface area contributed by atoms with E-state index in [1.807, 2.05) is 0 Å². The van der Waals surface area contributed by atoms with Crippen LogP contribution in [-0.2, 0) is 35.7 Å². The maximum absolute atomic E-state index is 5.76. The number of aryl methyl sites for hydroxylation is 1. The van der Waals surface area contributed by atoms with Crippen LogP contribution in [0.25, 0.3) is 0 Å². The summed E-state index contributed by atoms with van der Waals surface area (Å²) in [6.45, 7) is 3.27. The van der Waals surface area contributed by atoms with E-state index in [2.05, 4.69) is 12.1 Å². The van der Waals surface area contributed by atoms with Crippen molar-refractivity contribution in [2.24, 2.45) is 0 Å². The third-order valence-electron chi connectivity index (χ3n) is 4.00. The summed E-state index contributed by atoms with van der Waals surface area (Å²) in [5.74, 6) is 0. The molecular formula is C16H22O2. The molecule has 0 aliphatic carbocycles. The summed E-state index contributed by atoms with van der Waals surface area (Å²) in [6, 6.07) is 4.62. The molecule has 2 heterocycles. The number of rotatable bonds is 0. The van der Waals surface area contributed by atoms with Crippen molar-refractivity contribution in [3.63, 3.8) is 0 Å². The fourth-order valence-corrected chi connectivity index (χ4v) is 2.99. The van der Waals surface area contributed by atoms with Crippen molar-refractivity contribution in [1.29, 1.82) is 0 Å². The van der Waals surface area contributed by atoms with Crippen LogP contribution in [0, 0.1) is 0 Å². The van der Waals surface area contributed by atoms with Crippen LogP contribution in [0.4, 0.5) is 0 Å². The molecule has 0 spiro atoms. The van der Waals surface area contributed by atoms with Gasteiger partial charge in [0, 0.05) is 6.61 Å². The van der Waals surface area contributed by atoms with Gasteiger partial charge in [0.05, 0.1) is 19.8 Å². The van der Waals surface area contributed by atoms with Gasteiger partial charge >= 0.3 is 0 Å². The Morgan fingerprint density at radius 2 is 1.56 bits per heavy atom. The van der Waals surface area contributed by atoms with E-state index in [0.717, 1.165) is 26.4 Å². The molecule has 2 aliphatic rings. The number of benzene rings is 1. The first-order valence-electron chi connectivity index (χ1n) is 7.22. The van der Waals surface area contributed by atoms with Crippen molar-refractivity contribution < 1.29 is 9.47 Å². The second-order valence-electron chi connectivity index (χ2n) is 5.46. The van der Waals surface area contributed by atoms with E-state index in [1.54, 1.807) is 0 Å². The predicted molar refractivity (Wildman–Crippen MR) is 71.4 cm³/mol. The van der Waals surface area contributed by atoms with Gasteiger partial charge in [-0.2, -0.15) is 0 Å². The van der Waals surface area contributed by atoms with Crippen LogP contribution in [0.2, 0.25) is 0 Å². The van der Waals surface area contributed by atoms with Gasteiger partial charge in [-0.05, 0) is 41.5 Å². The maximum Gasteiger partial charge on any atom is 0.0727 e. The molecule has 0 N–H and O–H groups in total. The molecule has 0 fully saturated rings. The number of hydrogen-bond acceptors (Lipinski definition) is 2. The normalized spacial score (nSPS) is 20.9. The molecule has 2 nitrogen and oxygen atoms in total. The van der Waals surface area contributed by atoms with Crippen molar-refractivity contribution in [2.45, 2.75) is 58.3 Å². The standard InChI is InChI=1S/C16H22O2/c1-2-4-6-14-8-13(10-17-7-5-3-1)9-15-11-18-12-16(14)15/h8-9H,1-7,10-12H2. The van der Waals surface area contributed by atoms with Gasteiger partial charge in [0.15, 0.2) is 0 Å². The molecule has 98 valence electrons. The van der Waals surface area contributed by atoms with Crippen LogP contribution in [0.5, 0.6) is 0 Å².